The number of hydrogen-bond acceptors (Lipinski definition) is 3. The van der Waals surface area contributed by atoms with E-state index >= 15 is 0 Å². The highest BCUT2D eigenvalue weighted by Gasteiger charge is 2.29. The number of allylic oxidation sites excluding steroid dienone is 4. The third-order valence-corrected chi connectivity index (χ3v) is 3.08. The van der Waals surface area contributed by atoms with Crippen LogP contribution in [0.1, 0.15) is 44.5 Å². The van der Waals surface area contributed by atoms with Crippen LogP contribution in [0, 0.1) is 13.8 Å². The minimum atomic E-state index is -4.24. The Morgan fingerprint density at radius 3 is 2.13 bits per heavy atom. The number of ether oxygens (including phenoxy) is 1. The van der Waals surface area contributed by atoms with Crippen molar-refractivity contribution in [2.45, 2.75) is 54.3 Å². The van der Waals surface area contributed by atoms with Crippen molar-refractivity contribution in [1.29, 1.82) is 0 Å². The summed E-state index contributed by atoms with van der Waals surface area (Å²) in [6, 6.07) is 0. The van der Waals surface area contributed by atoms with Crippen LogP contribution in [0.25, 0.3) is 0 Å². The van der Waals surface area contributed by atoms with Gasteiger partial charge in [0.05, 0.1) is 6.20 Å². The summed E-state index contributed by atoms with van der Waals surface area (Å²) >= 11 is 0. The Hall–Kier alpha value is -1.98. The molecule has 1 aliphatic heterocycles. The third kappa shape index (κ3) is 6.76. The van der Waals surface area contributed by atoms with Gasteiger partial charge >= 0.3 is 6.18 Å². The molecule has 0 saturated heterocycles. The lowest BCUT2D eigenvalue weighted by Crippen LogP contribution is -2.12. The van der Waals surface area contributed by atoms with E-state index in [1.807, 2.05) is 20.8 Å². The van der Waals surface area contributed by atoms with Gasteiger partial charge in [0.1, 0.15) is 12.4 Å². The number of halogens is 3. The van der Waals surface area contributed by atoms with Gasteiger partial charge in [-0.15, -0.1) is 0 Å². The predicted molar refractivity (Wildman–Crippen MR) is 87.1 cm³/mol. The van der Waals surface area contributed by atoms with Gasteiger partial charge in [-0.2, -0.15) is 13.2 Å². The second-order valence-electron chi connectivity index (χ2n) is 4.86. The first-order chi connectivity index (χ1) is 10.6. The van der Waals surface area contributed by atoms with Crippen LogP contribution in [0.4, 0.5) is 13.2 Å². The molecule has 2 heterocycles. The average Bonchev–Trinajstić information content (AvgIpc) is 2.43. The fourth-order valence-corrected chi connectivity index (χ4v) is 1.46. The van der Waals surface area contributed by atoms with E-state index in [-0.39, 0.29) is 0 Å². The smallest absolute Gasteiger partial charge is 0.412 e. The molecule has 2 N–H and O–H groups in total. The lowest BCUT2D eigenvalue weighted by molar-refractivity contribution is -0.0912. The van der Waals surface area contributed by atoms with Gasteiger partial charge in [-0.3, -0.25) is 4.98 Å². The molecule has 0 unspecified atom stereocenters. The molecule has 6 heteroatoms. The summed E-state index contributed by atoms with van der Waals surface area (Å²) < 4.78 is 40.4. The molecule has 0 spiro atoms. The van der Waals surface area contributed by atoms with Crippen molar-refractivity contribution in [1.82, 2.24) is 4.98 Å². The number of nitrogens with zero attached hydrogens (tertiary/aromatic N) is 1. The second-order valence-corrected chi connectivity index (χ2v) is 4.86. The van der Waals surface area contributed by atoms with Crippen LogP contribution in [-0.4, -0.2) is 11.2 Å². The molecule has 1 aliphatic rings. The van der Waals surface area contributed by atoms with Gasteiger partial charge in [0.15, 0.2) is 0 Å². The van der Waals surface area contributed by atoms with E-state index in [0.717, 1.165) is 31.1 Å². The number of alkyl halides is 3. The maximum absolute atomic E-state index is 11.8. The molecule has 3 nitrogen and oxygen atoms in total. The molecule has 130 valence electrons. The van der Waals surface area contributed by atoms with Crippen LogP contribution in [0.5, 0.6) is 5.75 Å². The first-order valence-electron chi connectivity index (χ1n) is 7.38. The van der Waals surface area contributed by atoms with Crippen molar-refractivity contribution in [3.8, 4) is 5.75 Å². The molecule has 1 aromatic rings. The monoisotopic (exact) mass is 330 g/mol. The number of rotatable bonds is 1. The third-order valence-electron chi connectivity index (χ3n) is 3.08. The summed E-state index contributed by atoms with van der Waals surface area (Å²) in [4.78, 5) is 4.17. The SMILES string of the molecule is C/C(N)=C/C=C(\C)C(F)(F)F.CC.Cc1ncc2c(c1C)CO2. The van der Waals surface area contributed by atoms with Gasteiger partial charge in [0.2, 0.25) is 0 Å². The van der Waals surface area contributed by atoms with Crippen LogP contribution in [0.2, 0.25) is 0 Å². The molecule has 1 aromatic heterocycles. The zero-order valence-corrected chi connectivity index (χ0v) is 14.5. The van der Waals surface area contributed by atoms with Crippen molar-refractivity contribution in [3.05, 3.63) is 46.4 Å². The fraction of sp³-hybridized carbons (Fsp3) is 0.471. The standard InChI is InChI=1S/C8H9NO.C7H10F3N.C2H6/c1-5-6(2)9-3-8-7(5)4-10-8;1-5(7(8,9)10)3-4-6(2)11;1-2/h3H,4H2,1-2H3;3-4H,11H2,1-2H3;1-2H3/b;5-3+,6-4-;. The molecular formula is C17H25F3N2O. The van der Waals surface area contributed by atoms with Crippen molar-refractivity contribution in [2.24, 2.45) is 5.73 Å². The normalized spacial score (nSPS) is 13.4. The summed E-state index contributed by atoms with van der Waals surface area (Å²) in [6.45, 7) is 11.4. The first kappa shape index (κ1) is 21.0. The van der Waals surface area contributed by atoms with Crippen LogP contribution < -0.4 is 10.5 Å². The Labute approximate surface area is 136 Å². The predicted octanol–water partition coefficient (Wildman–Crippen LogP) is 4.97. The number of pyridine rings is 1. The summed E-state index contributed by atoms with van der Waals surface area (Å²) in [6.07, 6.45) is -0.273. The Morgan fingerprint density at radius 2 is 1.78 bits per heavy atom. The molecule has 0 atom stereocenters. The Balaban J connectivity index is 0.000000380. The quantitative estimate of drug-likeness (QED) is 0.739. The Bertz CT molecular complexity index is 557. The summed E-state index contributed by atoms with van der Waals surface area (Å²) in [5.74, 6) is 0.961. The van der Waals surface area contributed by atoms with Gasteiger partial charge < -0.3 is 10.5 Å². The van der Waals surface area contributed by atoms with E-state index in [9.17, 15) is 13.2 Å². The van der Waals surface area contributed by atoms with E-state index in [0.29, 0.717) is 5.70 Å². The van der Waals surface area contributed by atoms with Gasteiger partial charge in [0.25, 0.3) is 0 Å². The van der Waals surface area contributed by atoms with Gasteiger partial charge in [-0.05, 0) is 39.3 Å². The van der Waals surface area contributed by atoms with Gasteiger partial charge in [-0.25, -0.2) is 0 Å². The molecule has 0 amide bonds. The zero-order valence-electron chi connectivity index (χ0n) is 14.5. The summed E-state index contributed by atoms with van der Waals surface area (Å²) in [7, 11) is 0. The summed E-state index contributed by atoms with van der Waals surface area (Å²) in [5.41, 5.74) is 8.56. The van der Waals surface area contributed by atoms with E-state index in [1.54, 1.807) is 6.20 Å². The maximum Gasteiger partial charge on any atom is 0.412 e. The molecule has 23 heavy (non-hydrogen) atoms. The van der Waals surface area contributed by atoms with Crippen molar-refractivity contribution >= 4 is 0 Å². The van der Waals surface area contributed by atoms with Crippen molar-refractivity contribution in [2.75, 3.05) is 0 Å². The van der Waals surface area contributed by atoms with E-state index in [1.165, 1.54) is 24.1 Å². The van der Waals surface area contributed by atoms with Gasteiger partial charge in [-0.1, -0.05) is 19.9 Å². The number of hydrogen-bond donors (Lipinski definition) is 1. The molecule has 0 fully saturated rings. The minimum Gasteiger partial charge on any atom is -0.487 e. The number of fused-ring (bicyclic) bond motifs is 1. The molecule has 0 saturated carbocycles. The van der Waals surface area contributed by atoms with Crippen LogP contribution in [0.3, 0.4) is 0 Å². The highest BCUT2D eigenvalue weighted by molar-refractivity contribution is 5.43. The van der Waals surface area contributed by atoms with Gasteiger partial charge in [0, 0.05) is 22.5 Å². The van der Waals surface area contributed by atoms with E-state index in [2.05, 4.69) is 11.9 Å². The molecule has 2 rings (SSSR count). The topological polar surface area (TPSA) is 48.1 Å². The van der Waals surface area contributed by atoms with Crippen LogP contribution in [0.15, 0.2) is 29.6 Å². The highest BCUT2D eigenvalue weighted by atomic mass is 19.4. The van der Waals surface area contributed by atoms with E-state index in [4.69, 9.17) is 10.5 Å². The Morgan fingerprint density at radius 1 is 1.22 bits per heavy atom. The molecule has 0 radical (unpaired) electrons. The number of aryl methyl sites for hydroxylation is 1. The molecular weight excluding hydrogens is 305 g/mol. The maximum atomic E-state index is 11.8. The highest BCUT2D eigenvalue weighted by Crippen LogP contribution is 2.31. The van der Waals surface area contributed by atoms with Crippen molar-refractivity contribution in [3.63, 3.8) is 0 Å². The molecule has 0 aromatic carbocycles. The lowest BCUT2D eigenvalue weighted by Gasteiger charge is -2.22. The minimum absolute atomic E-state index is 0.355. The van der Waals surface area contributed by atoms with Crippen molar-refractivity contribution < 1.29 is 17.9 Å². The number of nitrogens with two attached hydrogens (primary N) is 1. The fourth-order valence-electron chi connectivity index (χ4n) is 1.46. The molecule has 0 aliphatic carbocycles. The van der Waals surface area contributed by atoms with Crippen LogP contribution in [-0.2, 0) is 6.61 Å². The molecule has 0 bridgehead atoms. The number of aromatic nitrogens is 1. The zero-order chi connectivity index (χ0) is 18.2. The average molecular weight is 330 g/mol. The Kier molecular flexibility index (Phi) is 8.43. The van der Waals surface area contributed by atoms with Crippen LogP contribution >= 0.6 is 0 Å². The first-order valence-corrected chi connectivity index (χ1v) is 7.38. The largest absolute Gasteiger partial charge is 0.487 e. The second kappa shape index (κ2) is 9.22. The lowest BCUT2D eigenvalue weighted by atomic mass is 10.1. The summed E-state index contributed by atoms with van der Waals surface area (Å²) in [5, 5.41) is 0. The van der Waals surface area contributed by atoms with E-state index < -0.39 is 11.7 Å².